The van der Waals surface area contributed by atoms with Gasteiger partial charge in [-0.05, 0) is 24.6 Å². The molecule has 0 fully saturated rings. The molecule has 5 nitrogen and oxygen atoms in total. The van der Waals surface area contributed by atoms with Crippen LogP contribution >= 0.6 is 0 Å². The number of pyridine rings is 1. The van der Waals surface area contributed by atoms with E-state index >= 15 is 0 Å². The van der Waals surface area contributed by atoms with Crippen molar-refractivity contribution in [2.45, 2.75) is 13.3 Å². The molecule has 0 saturated heterocycles. The molecule has 2 N–H and O–H groups in total. The van der Waals surface area contributed by atoms with Crippen LogP contribution in [-0.4, -0.2) is 21.8 Å². The number of aliphatic imine (C=N–C) groups is 1. The van der Waals surface area contributed by atoms with E-state index in [1.807, 2.05) is 13.0 Å². The number of hydrogen-bond acceptors (Lipinski definition) is 4. The number of benzene rings is 1. The molecular formula is C15H13N3O2. The lowest BCUT2D eigenvalue weighted by atomic mass is 10.2. The number of aromatic hydroxyl groups is 1. The van der Waals surface area contributed by atoms with E-state index in [1.165, 1.54) is 0 Å². The summed E-state index contributed by atoms with van der Waals surface area (Å²) in [6.45, 7) is 1.95. The van der Waals surface area contributed by atoms with Crippen LogP contribution in [0.2, 0.25) is 0 Å². The maximum atomic E-state index is 12.1. The molecule has 0 spiro atoms. The van der Waals surface area contributed by atoms with Gasteiger partial charge in [-0.25, -0.2) is 9.98 Å². The highest BCUT2D eigenvalue weighted by molar-refractivity contribution is 6.07. The third kappa shape index (κ3) is 2.25. The van der Waals surface area contributed by atoms with Gasteiger partial charge in [-0.2, -0.15) is 0 Å². The van der Waals surface area contributed by atoms with Crippen LogP contribution in [0.15, 0.2) is 47.1 Å². The third-order valence-electron chi connectivity index (χ3n) is 3.08. The van der Waals surface area contributed by atoms with Gasteiger partial charge in [0.25, 0.3) is 5.91 Å². The highest BCUT2D eigenvalue weighted by Gasteiger charge is 2.14. The predicted octanol–water partition coefficient (Wildman–Crippen LogP) is 2.38. The summed E-state index contributed by atoms with van der Waals surface area (Å²) in [5.41, 5.74) is 1.78. The number of para-hydroxylation sites is 1. The zero-order valence-electron chi connectivity index (χ0n) is 10.9. The number of rotatable bonds is 1. The molecule has 0 bridgehead atoms. The largest absolute Gasteiger partial charge is 0.506 e. The molecule has 0 saturated carbocycles. The van der Waals surface area contributed by atoms with Gasteiger partial charge >= 0.3 is 0 Å². The van der Waals surface area contributed by atoms with Gasteiger partial charge in [0.05, 0.1) is 0 Å². The minimum atomic E-state index is -0.322. The molecule has 1 aliphatic rings. The minimum absolute atomic E-state index is 0.0628. The Morgan fingerprint density at radius 1 is 1.30 bits per heavy atom. The summed E-state index contributed by atoms with van der Waals surface area (Å²) in [5, 5.41) is 13.3. The van der Waals surface area contributed by atoms with Gasteiger partial charge in [0.2, 0.25) is 0 Å². The number of carbonyl (C=O) groups is 1. The van der Waals surface area contributed by atoms with E-state index in [0.29, 0.717) is 17.8 Å². The van der Waals surface area contributed by atoms with Crippen molar-refractivity contribution in [3.05, 3.63) is 47.8 Å². The summed E-state index contributed by atoms with van der Waals surface area (Å²) in [5.74, 6) is 0.358. The number of fused-ring (bicyclic) bond motifs is 1. The maximum absolute atomic E-state index is 12.1. The van der Waals surface area contributed by atoms with E-state index in [0.717, 1.165) is 11.0 Å². The van der Waals surface area contributed by atoms with Gasteiger partial charge in [-0.1, -0.05) is 18.2 Å². The summed E-state index contributed by atoms with van der Waals surface area (Å²) in [7, 11) is 0. The summed E-state index contributed by atoms with van der Waals surface area (Å²) >= 11 is 0. The van der Waals surface area contributed by atoms with Crippen molar-refractivity contribution < 1.29 is 9.90 Å². The van der Waals surface area contributed by atoms with Crippen molar-refractivity contribution in [3.63, 3.8) is 0 Å². The van der Waals surface area contributed by atoms with Gasteiger partial charge in [0.15, 0.2) is 0 Å². The molecular weight excluding hydrogens is 254 g/mol. The van der Waals surface area contributed by atoms with Crippen molar-refractivity contribution in [3.8, 4) is 5.75 Å². The summed E-state index contributed by atoms with van der Waals surface area (Å²) < 4.78 is 0. The average molecular weight is 267 g/mol. The Morgan fingerprint density at radius 2 is 2.15 bits per heavy atom. The Kier molecular flexibility index (Phi) is 2.95. The second-order valence-corrected chi connectivity index (χ2v) is 4.73. The Balaban J connectivity index is 1.87. The molecule has 0 atom stereocenters. The number of phenolic OH excluding ortho intramolecular Hbond substituents is 1. The van der Waals surface area contributed by atoms with Gasteiger partial charge in [-0.15, -0.1) is 0 Å². The topological polar surface area (TPSA) is 74.6 Å². The van der Waals surface area contributed by atoms with Crippen LogP contribution in [0.4, 0.5) is 0 Å². The van der Waals surface area contributed by atoms with Crippen LogP contribution in [-0.2, 0) is 0 Å². The lowest BCUT2D eigenvalue weighted by Crippen LogP contribution is -2.30. The van der Waals surface area contributed by atoms with Crippen LogP contribution < -0.4 is 5.32 Å². The molecule has 0 aliphatic carbocycles. The molecule has 1 aromatic heterocycles. The van der Waals surface area contributed by atoms with E-state index in [9.17, 15) is 9.90 Å². The lowest BCUT2D eigenvalue weighted by molar-refractivity contribution is 0.0972. The van der Waals surface area contributed by atoms with E-state index in [1.54, 1.807) is 30.5 Å². The summed E-state index contributed by atoms with van der Waals surface area (Å²) in [6.07, 6.45) is 2.37. The smallest absolute Gasteiger partial charge is 0.275 e. The Labute approximate surface area is 115 Å². The van der Waals surface area contributed by atoms with Gasteiger partial charge in [0, 0.05) is 18.0 Å². The van der Waals surface area contributed by atoms with Crippen LogP contribution in [0.25, 0.3) is 10.9 Å². The standard InChI is InChI=1S/C15H13N3O2/c1-9-7-13(16-8-9)18-15(20)11-6-5-10-3-2-4-12(19)14(10)17-11/h2-6,8,19H,7H2,1H3,(H,16,18,20). The number of hydrogen-bond donors (Lipinski definition) is 2. The highest BCUT2D eigenvalue weighted by Crippen LogP contribution is 2.22. The Bertz CT molecular complexity index is 763. The number of phenols is 1. The first-order valence-corrected chi connectivity index (χ1v) is 6.26. The minimum Gasteiger partial charge on any atom is -0.506 e. The highest BCUT2D eigenvalue weighted by atomic mass is 16.3. The monoisotopic (exact) mass is 267 g/mol. The van der Waals surface area contributed by atoms with Crippen LogP contribution in [0, 0.1) is 0 Å². The molecule has 5 heteroatoms. The first kappa shape index (κ1) is 12.3. The molecule has 1 aliphatic heterocycles. The number of nitrogens with zero attached hydrogens (tertiary/aromatic N) is 2. The number of nitrogens with one attached hydrogen (secondary N) is 1. The molecule has 20 heavy (non-hydrogen) atoms. The Hall–Kier alpha value is -2.69. The molecule has 0 radical (unpaired) electrons. The van der Waals surface area contributed by atoms with E-state index < -0.39 is 0 Å². The fourth-order valence-corrected chi connectivity index (χ4v) is 2.07. The fraction of sp³-hybridized carbons (Fsp3) is 0.133. The van der Waals surface area contributed by atoms with Crippen molar-refractivity contribution in [1.82, 2.24) is 10.3 Å². The number of carbonyl (C=O) groups excluding carboxylic acids is 1. The van der Waals surface area contributed by atoms with E-state index in [2.05, 4.69) is 15.3 Å². The van der Waals surface area contributed by atoms with E-state index in [-0.39, 0.29) is 17.4 Å². The zero-order chi connectivity index (χ0) is 14.1. The molecule has 2 heterocycles. The zero-order valence-corrected chi connectivity index (χ0v) is 10.9. The Morgan fingerprint density at radius 3 is 2.90 bits per heavy atom. The third-order valence-corrected chi connectivity index (χ3v) is 3.08. The number of amides is 1. The van der Waals surface area contributed by atoms with Crippen LogP contribution in [0.5, 0.6) is 5.75 Å². The van der Waals surface area contributed by atoms with Gasteiger partial charge in [-0.3, -0.25) is 4.79 Å². The van der Waals surface area contributed by atoms with Crippen molar-refractivity contribution >= 4 is 22.6 Å². The quantitative estimate of drug-likeness (QED) is 0.833. The molecule has 1 aromatic carbocycles. The van der Waals surface area contributed by atoms with Crippen molar-refractivity contribution in [2.24, 2.45) is 4.99 Å². The van der Waals surface area contributed by atoms with Crippen LogP contribution in [0.3, 0.4) is 0 Å². The van der Waals surface area contributed by atoms with E-state index in [4.69, 9.17) is 0 Å². The van der Waals surface area contributed by atoms with Crippen molar-refractivity contribution in [2.75, 3.05) is 0 Å². The number of amidine groups is 1. The molecule has 2 aromatic rings. The van der Waals surface area contributed by atoms with Crippen molar-refractivity contribution in [1.29, 1.82) is 0 Å². The number of aromatic nitrogens is 1. The predicted molar refractivity (Wildman–Crippen MR) is 76.7 cm³/mol. The normalized spacial score (nSPS) is 14.1. The second-order valence-electron chi connectivity index (χ2n) is 4.73. The first-order valence-electron chi connectivity index (χ1n) is 6.26. The average Bonchev–Trinajstić information content (AvgIpc) is 2.84. The SMILES string of the molecule is CC1=CN=C(NC(=O)c2ccc3cccc(O)c3n2)C1. The first-order chi connectivity index (χ1) is 9.63. The fourth-order valence-electron chi connectivity index (χ4n) is 2.07. The van der Waals surface area contributed by atoms with Gasteiger partial charge in [0.1, 0.15) is 22.8 Å². The lowest BCUT2D eigenvalue weighted by Gasteiger charge is -2.06. The summed E-state index contributed by atoms with van der Waals surface area (Å²) in [6, 6.07) is 8.51. The van der Waals surface area contributed by atoms with Crippen LogP contribution in [0.1, 0.15) is 23.8 Å². The molecule has 3 rings (SSSR count). The summed E-state index contributed by atoms with van der Waals surface area (Å²) in [4.78, 5) is 20.4. The molecule has 100 valence electrons. The molecule has 1 amide bonds. The maximum Gasteiger partial charge on any atom is 0.275 e. The second kappa shape index (κ2) is 4.77. The molecule has 0 unspecified atom stereocenters. The van der Waals surface area contributed by atoms with Gasteiger partial charge < -0.3 is 10.4 Å².